The monoisotopic (exact) mass is 544 g/mol. The van der Waals surface area contributed by atoms with E-state index in [4.69, 9.17) is 4.52 Å². The smallest absolute Gasteiger partial charge is 0.274 e. The van der Waals surface area contributed by atoms with E-state index in [0.29, 0.717) is 22.5 Å². The maximum absolute atomic E-state index is 12.7. The van der Waals surface area contributed by atoms with E-state index in [1.807, 2.05) is 54.9 Å². The first-order valence-electron chi connectivity index (χ1n) is 12.9. The van der Waals surface area contributed by atoms with Crippen molar-refractivity contribution in [2.24, 2.45) is 7.05 Å². The summed E-state index contributed by atoms with van der Waals surface area (Å²) in [6.07, 6.45) is 1.53. The van der Waals surface area contributed by atoms with E-state index in [9.17, 15) is 15.0 Å². The molecule has 0 saturated heterocycles. The summed E-state index contributed by atoms with van der Waals surface area (Å²) in [4.78, 5) is 26.2. The molecule has 0 fully saturated rings. The van der Waals surface area contributed by atoms with Crippen molar-refractivity contribution in [3.8, 4) is 11.5 Å². The van der Waals surface area contributed by atoms with Gasteiger partial charge in [0.2, 0.25) is 11.8 Å². The summed E-state index contributed by atoms with van der Waals surface area (Å²) in [5.41, 5.74) is 1.36. The number of aliphatic hydroxyl groups is 2. The summed E-state index contributed by atoms with van der Waals surface area (Å²) in [6, 6.07) is 14.5. The van der Waals surface area contributed by atoms with E-state index < -0.39 is 11.6 Å². The Bertz CT molecular complexity index is 1700. The lowest BCUT2D eigenvalue weighted by Gasteiger charge is -2.19. The molecule has 40 heavy (non-hydrogen) atoms. The van der Waals surface area contributed by atoms with Gasteiger partial charge < -0.3 is 25.4 Å². The number of nitrogens with one attached hydrogen (secondary N) is 2. The summed E-state index contributed by atoms with van der Waals surface area (Å²) in [7, 11) is 1.75. The Morgan fingerprint density at radius 1 is 1.10 bits per heavy atom. The number of rotatable bonds is 9. The van der Waals surface area contributed by atoms with Crippen molar-refractivity contribution in [3.05, 3.63) is 76.5 Å². The molecule has 5 rings (SSSR count). The lowest BCUT2D eigenvalue weighted by Crippen LogP contribution is -2.20. The second-order valence-corrected chi connectivity index (χ2v) is 10.4. The fraction of sp³-hybridized carbons (Fsp3) is 0.321. The number of nitrogens with zero attached hydrogens (tertiary/aromatic N) is 6. The van der Waals surface area contributed by atoms with E-state index in [1.54, 1.807) is 37.7 Å². The average Bonchev–Trinajstić information content (AvgIpc) is 3.51. The zero-order chi connectivity index (χ0) is 28.6. The van der Waals surface area contributed by atoms with E-state index >= 15 is 0 Å². The predicted molar refractivity (Wildman–Crippen MR) is 151 cm³/mol. The molecular weight excluding hydrogens is 512 g/mol. The molecule has 1 atom stereocenters. The van der Waals surface area contributed by atoms with E-state index in [0.717, 1.165) is 11.1 Å². The molecule has 2 aromatic carbocycles. The summed E-state index contributed by atoms with van der Waals surface area (Å²) in [6.45, 7) is 6.95. The van der Waals surface area contributed by atoms with Crippen LogP contribution in [0.5, 0.6) is 0 Å². The first-order chi connectivity index (χ1) is 19.1. The van der Waals surface area contributed by atoms with Crippen LogP contribution in [0, 0.1) is 0 Å². The van der Waals surface area contributed by atoms with Crippen molar-refractivity contribution >= 4 is 28.4 Å². The van der Waals surface area contributed by atoms with Crippen molar-refractivity contribution in [1.29, 1.82) is 0 Å². The molecule has 4 N–H and O–H groups in total. The van der Waals surface area contributed by atoms with Crippen molar-refractivity contribution < 1.29 is 14.7 Å². The zero-order valence-electron chi connectivity index (χ0n) is 23.0. The average molecular weight is 545 g/mol. The Balaban J connectivity index is 1.55. The molecule has 12 heteroatoms. The van der Waals surface area contributed by atoms with Crippen molar-refractivity contribution in [1.82, 2.24) is 29.5 Å². The molecule has 0 amide bonds. The maximum atomic E-state index is 12.7. The second-order valence-electron chi connectivity index (χ2n) is 10.4. The summed E-state index contributed by atoms with van der Waals surface area (Å²) in [5, 5.41) is 31.5. The summed E-state index contributed by atoms with van der Waals surface area (Å²) >= 11 is 0. The Kier molecular flexibility index (Phi) is 7.13. The fourth-order valence-corrected chi connectivity index (χ4v) is 4.54. The predicted octanol–water partition coefficient (Wildman–Crippen LogP) is 3.88. The molecule has 0 aliphatic heterocycles. The van der Waals surface area contributed by atoms with Gasteiger partial charge >= 0.3 is 0 Å². The molecule has 5 aromatic rings. The lowest BCUT2D eigenvalue weighted by molar-refractivity contribution is 0.0661. The van der Waals surface area contributed by atoms with Crippen LogP contribution in [0.2, 0.25) is 0 Å². The Labute approximate surface area is 230 Å². The standard InChI is InChI=1S/C28H32N8O4/c1-16(2)36-22-13-18(11-12-19(22)25(38)35(36)5)30-27-29-14-20(24-33-26(34-40-24)28(3,4)39)23(32-27)31-21(15-37)17-9-7-6-8-10-17/h6-14,16,21,37,39H,15H2,1-5H3,(H2,29,30,31,32)/t21-/m1/s1. The van der Waals surface area contributed by atoms with Crippen LogP contribution in [-0.4, -0.2) is 46.3 Å². The number of anilines is 3. The van der Waals surface area contributed by atoms with Crippen LogP contribution in [0.15, 0.2) is 64.0 Å². The number of hydrogen-bond acceptors (Lipinski definition) is 10. The van der Waals surface area contributed by atoms with Crippen LogP contribution < -0.4 is 16.2 Å². The van der Waals surface area contributed by atoms with Crippen molar-refractivity contribution in [2.45, 2.75) is 45.4 Å². The zero-order valence-corrected chi connectivity index (χ0v) is 23.0. The molecule has 12 nitrogen and oxygen atoms in total. The molecule has 0 aliphatic carbocycles. The van der Waals surface area contributed by atoms with Gasteiger partial charge in [0, 0.05) is 25.0 Å². The molecule has 3 heterocycles. The normalized spacial score (nSPS) is 12.7. The highest BCUT2D eigenvalue weighted by atomic mass is 16.5. The van der Waals surface area contributed by atoms with Gasteiger partial charge in [-0.3, -0.25) is 14.2 Å². The Morgan fingerprint density at radius 2 is 1.85 bits per heavy atom. The lowest BCUT2D eigenvalue weighted by atomic mass is 10.1. The third-order valence-electron chi connectivity index (χ3n) is 6.53. The van der Waals surface area contributed by atoms with Gasteiger partial charge in [-0.05, 0) is 51.5 Å². The van der Waals surface area contributed by atoms with Gasteiger partial charge in [0.1, 0.15) is 17.0 Å². The largest absolute Gasteiger partial charge is 0.394 e. The second kappa shape index (κ2) is 10.5. The van der Waals surface area contributed by atoms with Crippen LogP contribution in [0.4, 0.5) is 17.5 Å². The van der Waals surface area contributed by atoms with Gasteiger partial charge in [-0.1, -0.05) is 35.5 Å². The number of benzene rings is 2. The van der Waals surface area contributed by atoms with E-state index in [2.05, 4.69) is 30.7 Å². The first kappa shape index (κ1) is 27.0. The minimum absolute atomic E-state index is 0.0664. The molecule has 0 saturated carbocycles. The maximum Gasteiger partial charge on any atom is 0.274 e. The van der Waals surface area contributed by atoms with Crippen LogP contribution in [0.1, 0.15) is 51.2 Å². The highest BCUT2D eigenvalue weighted by molar-refractivity contribution is 5.83. The third-order valence-corrected chi connectivity index (χ3v) is 6.53. The van der Waals surface area contributed by atoms with E-state index in [1.165, 1.54) is 6.20 Å². The molecule has 0 aliphatic rings. The minimum atomic E-state index is -1.30. The van der Waals surface area contributed by atoms with Gasteiger partial charge in [0.25, 0.3) is 11.4 Å². The summed E-state index contributed by atoms with van der Waals surface area (Å²) < 4.78 is 8.98. The number of hydrogen-bond donors (Lipinski definition) is 4. The minimum Gasteiger partial charge on any atom is -0.394 e. The quantitative estimate of drug-likeness (QED) is 0.215. The SMILES string of the molecule is CC(C)n1c2cc(Nc3ncc(-c4nc(C(C)(C)O)no4)c(N[C@H](CO)c4ccccc4)n3)ccc2c(=O)n1C. The molecule has 0 unspecified atom stereocenters. The highest BCUT2D eigenvalue weighted by Gasteiger charge is 2.26. The first-order valence-corrected chi connectivity index (χ1v) is 12.9. The molecule has 208 valence electrons. The number of aliphatic hydroxyl groups excluding tert-OH is 1. The Hall–Kier alpha value is -4.55. The molecule has 3 aromatic heterocycles. The van der Waals surface area contributed by atoms with Gasteiger partial charge in [-0.15, -0.1) is 0 Å². The van der Waals surface area contributed by atoms with E-state index in [-0.39, 0.29) is 35.9 Å². The highest BCUT2D eigenvalue weighted by Crippen LogP contribution is 2.31. The van der Waals surface area contributed by atoms with Crippen LogP contribution in [0.25, 0.3) is 22.4 Å². The van der Waals surface area contributed by atoms with Crippen molar-refractivity contribution in [2.75, 3.05) is 17.2 Å². The van der Waals surface area contributed by atoms with Gasteiger partial charge in [-0.25, -0.2) is 4.98 Å². The van der Waals surface area contributed by atoms with Gasteiger partial charge in [0.05, 0.1) is 23.6 Å². The van der Waals surface area contributed by atoms with Crippen LogP contribution in [-0.2, 0) is 12.6 Å². The van der Waals surface area contributed by atoms with Crippen molar-refractivity contribution in [3.63, 3.8) is 0 Å². The fourth-order valence-electron chi connectivity index (χ4n) is 4.54. The third kappa shape index (κ3) is 5.18. The molecule has 0 radical (unpaired) electrons. The van der Waals surface area contributed by atoms with Gasteiger partial charge in [-0.2, -0.15) is 9.97 Å². The van der Waals surface area contributed by atoms with Crippen LogP contribution in [0.3, 0.4) is 0 Å². The molecule has 0 bridgehead atoms. The summed E-state index contributed by atoms with van der Waals surface area (Å²) in [5.74, 6) is 0.838. The van der Waals surface area contributed by atoms with Crippen LogP contribution >= 0.6 is 0 Å². The number of aromatic nitrogens is 6. The molecular formula is C28H32N8O4. The van der Waals surface area contributed by atoms with Gasteiger partial charge in [0.15, 0.2) is 0 Å². The molecule has 0 spiro atoms. The number of fused-ring (bicyclic) bond motifs is 1. The topological polar surface area (TPSA) is 156 Å². The Morgan fingerprint density at radius 3 is 2.50 bits per heavy atom.